The summed E-state index contributed by atoms with van der Waals surface area (Å²) in [5, 5.41) is 0. The van der Waals surface area contributed by atoms with Crippen LogP contribution in [-0.2, 0) is 6.42 Å². The standard InChI is InChI=1S/C24H37N2/c1-3-5-6-7-8-9-13-17-23(24-25-18-19-26-24)22(14-4-2)20-21-15-11-10-12-16-21/h10-12,15-16,18-19,22-23H,3-9,13-14,17,20H2,1-2H3/q+1. The molecule has 0 fully saturated rings. The number of unbranched alkanes of at least 4 members (excludes halogenated alkanes) is 6. The minimum absolute atomic E-state index is 0.501. The average Bonchev–Trinajstić information content (AvgIpc) is 3.19. The van der Waals surface area contributed by atoms with Crippen molar-refractivity contribution in [2.45, 2.75) is 84.5 Å². The van der Waals surface area contributed by atoms with Crippen molar-refractivity contribution in [1.82, 2.24) is 0 Å². The zero-order chi connectivity index (χ0) is 18.5. The van der Waals surface area contributed by atoms with Crippen LogP contribution >= 0.6 is 0 Å². The van der Waals surface area contributed by atoms with Crippen LogP contribution in [0, 0.1) is 18.0 Å². The molecule has 0 amide bonds. The quantitative estimate of drug-likeness (QED) is 0.253. The molecule has 2 atom stereocenters. The first-order valence-electron chi connectivity index (χ1n) is 10.8. The van der Waals surface area contributed by atoms with Gasteiger partial charge in [0, 0.05) is 0 Å². The Morgan fingerprint density at radius 3 is 2.08 bits per heavy atom. The molecule has 0 radical (unpaired) electrons. The molecule has 2 rings (SSSR count). The van der Waals surface area contributed by atoms with Crippen LogP contribution in [0.2, 0.25) is 0 Å². The van der Waals surface area contributed by atoms with Gasteiger partial charge in [0.15, 0.2) is 12.4 Å². The molecule has 0 aliphatic carbocycles. The minimum Gasteiger partial charge on any atom is -0.0965 e. The summed E-state index contributed by atoms with van der Waals surface area (Å²) < 4.78 is 0. The van der Waals surface area contributed by atoms with Gasteiger partial charge in [-0.1, -0.05) is 106 Å². The molecule has 1 heterocycles. The van der Waals surface area contributed by atoms with Crippen molar-refractivity contribution in [1.29, 1.82) is 0 Å². The Balaban J connectivity index is 1.90. The van der Waals surface area contributed by atoms with E-state index in [1.165, 1.54) is 69.8 Å². The van der Waals surface area contributed by atoms with Crippen LogP contribution in [0.15, 0.2) is 40.3 Å². The number of hydrogen-bond donors (Lipinski definition) is 0. The lowest BCUT2D eigenvalue weighted by Gasteiger charge is -2.25. The predicted molar refractivity (Wildman–Crippen MR) is 115 cm³/mol. The molecular weight excluding hydrogens is 316 g/mol. The molecule has 1 aromatic rings. The fraction of sp³-hybridized carbons (Fsp3) is 0.625. The van der Waals surface area contributed by atoms with Crippen molar-refractivity contribution in [2.75, 3.05) is 0 Å². The molecule has 1 aromatic carbocycles. The maximum absolute atomic E-state index is 4.59. The molecule has 0 spiro atoms. The van der Waals surface area contributed by atoms with E-state index in [2.05, 4.69) is 54.2 Å². The largest absolute Gasteiger partial charge is 0.244 e. The lowest BCUT2D eigenvalue weighted by atomic mass is 9.79. The van der Waals surface area contributed by atoms with Gasteiger partial charge < -0.3 is 0 Å². The third kappa shape index (κ3) is 7.35. The molecule has 2 unspecified atom stereocenters. The topological polar surface area (TPSA) is 24.7 Å². The highest BCUT2D eigenvalue weighted by Gasteiger charge is 2.34. The maximum atomic E-state index is 4.59. The summed E-state index contributed by atoms with van der Waals surface area (Å²) >= 11 is 0. The molecule has 0 N–H and O–H groups in total. The molecule has 2 nitrogen and oxygen atoms in total. The van der Waals surface area contributed by atoms with Crippen molar-refractivity contribution < 1.29 is 0 Å². The maximum Gasteiger partial charge on any atom is 0.244 e. The van der Waals surface area contributed by atoms with Crippen molar-refractivity contribution >= 4 is 12.4 Å². The second-order valence-electron chi connectivity index (χ2n) is 7.67. The Kier molecular flexibility index (Phi) is 10.2. The van der Waals surface area contributed by atoms with Crippen molar-refractivity contribution in [3.05, 3.63) is 42.1 Å². The first-order chi connectivity index (χ1) is 12.8. The smallest absolute Gasteiger partial charge is 0.0965 e. The van der Waals surface area contributed by atoms with E-state index >= 15 is 0 Å². The van der Waals surface area contributed by atoms with E-state index in [-0.39, 0.29) is 0 Å². The van der Waals surface area contributed by atoms with Crippen LogP contribution in [0.25, 0.3) is 0 Å². The van der Waals surface area contributed by atoms with E-state index in [0.29, 0.717) is 11.8 Å². The Hall–Kier alpha value is -1.57. The van der Waals surface area contributed by atoms with Gasteiger partial charge in [0.2, 0.25) is 6.17 Å². The highest BCUT2D eigenvalue weighted by atomic mass is 15.0. The van der Waals surface area contributed by atoms with Gasteiger partial charge in [-0.15, -0.1) is 0 Å². The highest BCUT2D eigenvalue weighted by Crippen LogP contribution is 2.36. The van der Waals surface area contributed by atoms with Gasteiger partial charge in [-0.05, 0) is 30.7 Å². The van der Waals surface area contributed by atoms with Crippen LogP contribution in [0.3, 0.4) is 0 Å². The normalized spacial score (nSPS) is 15.5. The second-order valence-corrected chi connectivity index (χ2v) is 7.67. The van der Waals surface area contributed by atoms with Crippen molar-refractivity contribution in [3.8, 4) is 0 Å². The molecule has 1 aliphatic rings. The van der Waals surface area contributed by atoms with Gasteiger partial charge in [-0.3, -0.25) is 0 Å². The zero-order valence-corrected chi connectivity index (χ0v) is 16.9. The molecule has 2 heteroatoms. The minimum atomic E-state index is 0.501. The lowest BCUT2D eigenvalue weighted by molar-refractivity contribution is 0.290. The third-order valence-electron chi connectivity index (χ3n) is 5.50. The van der Waals surface area contributed by atoms with Gasteiger partial charge >= 0.3 is 0 Å². The molecule has 26 heavy (non-hydrogen) atoms. The Morgan fingerprint density at radius 2 is 1.42 bits per heavy atom. The third-order valence-corrected chi connectivity index (χ3v) is 5.50. The summed E-state index contributed by atoms with van der Waals surface area (Å²) in [6.45, 7) is 4.58. The lowest BCUT2D eigenvalue weighted by Crippen LogP contribution is -2.22. The van der Waals surface area contributed by atoms with Crippen LogP contribution in [-0.4, -0.2) is 12.4 Å². The summed E-state index contributed by atoms with van der Waals surface area (Å²) in [6.07, 6.45) is 19.2. The van der Waals surface area contributed by atoms with Crippen molar-refractivity contribution in [2.24, 2.45) is 21.8 Å². The van der Waals surface area contributed by atoms with Gasteiger partial charge in [0.05, 0.1) is 5.92 Å². The molecule has 142 valence electrons. The predicted octanol–water partition coefficient (Wildman–Crippen LogP) is 7.05. The van der Waals surface area contributed by atoms with Gasteiger partial charge in [-0.25, -0.2) is 0 Å². The Morgan fingerprint density at radius 1 is 0.769 bits per heavy atom. The van der Waals surface area contributed by atoms with Gasteiger partial charge in [0.25, 0.3) is 0 Å². The van der Waals surface area contributed by atoms with Gasteiger partial charge in [-0.2, -0.15) is 0 Å². The van der Waals surface area contributed by atoms with Gasteiger partial charge in [0.1, 0.15) is 0 Å². The number of aliphatic imine (C=N–C) groups is 2. The monoisotopic (exact) mass is 353 g/mol. The number of benzene rings is 1. The van der Waals surface area contributed by atoms with E-state index in [1.807, 2.05) is 12.4 Å². The Bertz CT molecular complexity index is 508. The molecule has 0 saturated carbocycles. The molecular formula is C24H37N2+. The van der Waals surface area contributed by atoms with Crippen molar-refractivity contribution in [3.63, 3.8) is 0 Å². The van der Waals surface area contributed by atoms with E-state index in [1.54, 1.807) is 0 Å². The summed E-state index contributed by atoms with van der Waals surface area (Å²) in [5.74, 6) is 1.14. The molecule has 0 bridgehead atoms. The summed E-state index contributed by atoms with van der Waals surface area (Å²) in [4.78, 5) is 9.18. The molecule has 0 aromatic heterocycles. The van der Waals surface area contributed by atoms with E-state index in [4.69, 9.17) is 0 Å². The molecule has 0 saturated heterocycles. The number of rotatable bonds is 14. The van der Waals surface area contributed by atoms with Crippen LogP contribution in [0.1, 0.15) is 83.6 Å². The van der Waals surface area contributed by atoms with Crippen LogP contribution in [0.4, 0.5) is 0 Å². The van der Waals surface area contributed by atoms with Crippen LogP contribution in [0.5, 0.6) is 0 Å². The van der Waals surface area contributed by atoms with E-state index in [0.717, 1.165) is 12.6 Å². The van der Waals surface area contributed by atoms with E-state index in [9.17, 15) is 0 Å². The highest BCUT2D eigenvalue weighted by molar-refractivity contribution is 6.18. The molecule has 1 aliphatic heterocycles. The zero-order valence-electron chi connectivity index (χ0n) is 16.9. The SMILES string of the molecule is CCCCCCCCCC([C+]1N=CC=N1)C(CCC)Cc1ccccc1. The summed E-state index contributed by atoms with van der Waals surface area (Å²) in [7, 11) is 0. The second kappa shape index (κ2) is 12.7. The van der Waals surface area contributed by atoms with Crippen LogP contribution < -0.4 is 0 Å². The fourth-order valence-electron chi connectivity index (χ4n) is 4.07. The average molecular weight is 354 g/mol. The Labute approximate surface area is 161 Å². The first-order valence-corrected chi connectivity index (χ1v) is 10.8. The number of nitrogens with zero attached hydrogens (tertiary/aromatic N) is 2. The summed E-state index contributed by atoms with van der Waals surface area (Å²) in [5.41, 5.74) is 1.45. The fourth-order valence-corrected chi connectivity index (χ4v) is 4.07. The number of hydrogen-bond acceptors (Lipinski definition) is 2. The first kappa shape index (κ1) is 20.7. The summed E-state index contributed by atoms with van der Waals surface area (Å²) in [6, 6.07) is 10.9. The van der Waals surface area contributed by atoms with E-state index < -0.39 is 0 Å².